The van der Waals surface area contributed by atoms with Crippen molar-refractivity contribution in [2.45, 2.75) is 44.4 Å². The molecule has 0 fully saturated rings. The van der Waals surface area contributed by atoms with Crippen LogP contribution in [0, 0.1) is 0 Å². The van der Waals surface area contributed by atoms with Crippen LogP contribution in [-0.4, -0.2) is 4.83 Å². The first kappa shape index (κ1) is 11.7. The van der Waals surface area contributed by atoms with Crippen LogP contribution in [0.3, 0.4) is 0 Å². The van der Waals surface area contributed by atoms with Crippen molar-refractivity contribution in [3.8, 4) is 0 Å². The molecule has 0 aromatic carbocycles. The number of hydrogen-bond donors (Lipinski definition) is 0. The van der Waals surface area contributed by atoms with E-state index in [9.17, 15) is 0 Å². The molecule has 0 heterocycles. The van der Waals surface area contributed by atoms with Crippen molar-refractivity contribution in [1.29, 1.82) is 0 Å². The van der Waals surface area contributed by atoms with E-state index in [2.05, 4.69) is 51.8 Å². The van der Waals surface area contributed by atoms with Gasteiger partial charge in [0.15, 0.2) is 0 Å². The molecule has 0 saturated heterocycles. The second-order valence-corrected chi connectivity index (χ2v) is 4.66. The normalized spacial score (nSPS) is 15.1. The van der Waals surface area contributed by atoms with E-state index in [4.69, 9.17) is 0 Å². The zero-order valence-corrected chi connectivity index (χ0v) is 10.4. The van der Waals surface area contributed by atoms with Crippen molar-refractivity contribution < 1.29 is 0 Å². The number of allylic oxidation sites excluding steroid dienone is 2. The summed E-state index contributed by atoms with van der Waals surface area (Å²) in [5.41, 5.74) is 0. The summed E-state index contributed by atoms with van der Waals surface area (Å²) in [7, 11) is 0. The Morgan fingerprint density at radius 2 is 2.09 bits per heavy atom. The van der Waals surface area contributed by atoms with Crippen molar-refractivity contribution in [2.24, 2.45) is 0 Å². The predicted octanol–water partition coefficient (Wildman–Crippen LogP) is 4.63. The van der Waals surface area contributed by atoms with Crippen molar-refractivity contribution >= 4 is 31.9 Å². The Kier molecular flexibility index (Phi) is 7.82. The Morgan fingerprint density at radius 1 is 1.45 bits per heavy atom. The van der Waals surface area contributed by atoms with Gasteiger partial charge in [-0.1, -0.05) is 64.1 Å². The maximum absolute atomic E-state index is 3.62. The molecule has 0 radical (unpaired) electrons. The average molecular weight is 284 g/mol. The number of unbranched alkanes of at least 4 members (excludes halogenated alkanes) is 2. The molecule has 0 amide bonds. The van der Waals surface area contributed by atoms with Crippen molar-refractivity contribution in [3.05, 3.63) is 10.6 Å². The van der Waals surface area contributed by atoms with Crippen LogP contribution in [0.5, 0.6) is 0 Å². The lowest BCUT2D eigenvalue weighted by atomic mass is 10.1. The molecule has 0 saturated carbocycles. The van der Waals surface area contributed by atoms with E-state index in [1.807, 2.05) is 0 Å². The van der Waals surface area contributed by atoms with Gasteiger partial charge in [-0.25, -0.2) is 0 Å². The minimum Gasteiger partial charge on any atom is -0.0833 e. The molecule has 0 bridgehead atoms. The molecule has 0 rings (SSSR count). The molecule has 0 aromatic heterocycles. The second kappa shape index (κ2) is 7.35. The minimum absolute atomic E-state index is 0.527. The van der Waals surface area contributed by atoms with Gasteiger partial charge in [-0.3, -0.25) is 0 Å². The van der Waals surface area contributed by atoms with Crippen LogP contribution in [0.2, 0.25) is 0 Å². The van der Waals surface area contributed by atoms with Crippen LogP contribution in [0.4, 0.5) is 0 Å². The highest BCUT2D eigenvalue weighted by Crippen LogP contribution is 2.23. The first-order valence-electron chi connectivity index (χ1n) is 4.18. The lowest BCUT2D eigenvalue weighted by Crippen LogP contribution is -1.96. The van der Waals surface area contributed by atoms with Gasteiger partial charge in [0, 0.05) is 9.31 Å². The van der Waals surface area contributed by atoms with Crippen molar-refractivity contribution in [3.63, 3.8) is 0 Å². The smallest absolute Gasteiger partial charge is 0.0458 e. The molecule has 0 aliphatic heterocycles. The Hall–Kier alpha value is 0.700. The molecule has 2 heteroatoms. The third-order valence-corrected chi connectivity index (χ3v) is 4.21. The molecule has 66 valence electrons. The predicted molar refractivity (Wildman–Crippen MR) is 59.5 cm³/mol. The summed E-state index contributed by atoms with van der Waals surface area (Å²) in [6, 6.07) is 0. The topological polar surface area (TPSA) is 0 Å². The summed E-state index contributed by atoms with van der Waals surface area (Å²) in [5.74, 6) is 0. The third-order valence-electron chi connectivity index (χ3n) is 1.64. The summed E-state index contributed by atoms with van der Waals surface area (Å²) >= 11 is 7.13. The van der Waals surface area contributed by atoms with Crippen LogP contribution in [0.25, 0.3) is 0 Å². The van der Waals surface area contributed by atoms with E-state index in [1.54, 1.807) is 0 Å². The summed E-state index contributed by atoms with van der Waals surface area (Å²) in [4.78, 5) is 0.527. The lowest BCUT2D eigenvalue weighted by Gasteiger charge is -2.07. The second-order valence-electron chi connectivity index (χ2n) is 2.64. The Morgan fingerprint density at radius 3 is 2.55 bits per heavy atom. The van der Waals surface area contributed by atoms with Gasteiger partial charge < -0.3 is 0 Å². The standard InChI is InChI=1S/C9H16Br2/c1-3-5-6-7-9(11)8(10)4-2/h4,9H,3,5-7H2,1-2H3/b8-4-. The van der Waals surface area contributed by atoms with Crippen LogP contribution >= 0.6 is 31.9 Å². The molecule has 0 aliphatic rings. The van der Waals surface area contributed by atoms with Gasteiger partial charge in [-0.2, -0.15) is 0 Å². The molecule has 0 spiro atoms. The first-order chi connectivity index (χ1) is 5.22. The summed E-state index contributed by atoms with van der Waals surface area (Å²) < 4.78 is 1.27. The largest absolute Gasteiger partial charge is 0.0833 e. The van der Waals surface area contributed by atoms with Crippen LogP contribution in [0.15, 0.2) is 10.6 Å². The Balaban J connectivity index is 3.44. The SMILES string of the molecule is C/C=C(\Br)C(Br)CCCCC. The Labute approximate surface area is 86.7 Å². The van der Waals surface area contributed by atoms with Gasteiger partial charge in [0.05, 0.1) is 0 Å². The van der Waals surface area contributed by atoms with Gasteiger partial charge in [-0.15, -0.1) is 0 Å². The zero-order chi connectivity index (χ0) is 8.69. The van der Waals surface area contributed by atoms with Crippen LogP contribution in [-0.2, 0) is 0 Å². The summed E-state index contributed by atoms with van der Waals surface area (Å²) in [6.45, 7) is 4.28. The highest BCUT2D eigenvalue weighted by atomic mass is 79.9. The summed E-state index contributed by atoms with van der Waals surface area (Å²) in [5, 5.41) is 0. The lowest BCUT2D eigenvalue weighted by molar-refractivity contribution is 0.682. The number of rotatable bonds is 5. The zero-order valence-electron chi connectivity index (χ0n) is 7.24. The fourth-order valence-corrected chi connectivity index (χ4v) is 1.71. The molecule has 1 atom stereocenters. The molecule has 0 N–H and O–H groups in total. The molecule has 11 heavy (non-hydrogen) atoms. The molecule has 1 unspecified atom stereocenters. The quantitative estimate of drug-likeness (QED) is 0.510. The van der Waals surface area contributed by atoms with Crippen LogP contribution < -0.4 is 0 Å². The number of halogens is 2. The molecule has 0 nitrogen and oxygen atoms in total. The fraction of sp³-hybridized carbons (Fsp3) is 0.778. The summed E-state index contributed by atoms with van der Waals surface area (Å²) in [6.07, 6.45) is 7.29. The van der Waals surface area contributed by atoms with E-state index in [-0.39, 0.29) is 0 Å². The van der Waals surface area contributed by atoms with E-state index < -0.39 is 0 Å². The van der Waals surface area contributed by atoms with Crippen molar-refractivity contribution in [2.75, 3.05) is 0 Å². The molecular weight excluding hydrogens is 268 g/mol. The van der Waals surface area contributed by atoms with Crippen LogP contribution in [0.1, 0.15) is 39.5 Å². The van der Waals surface area contributed by atoms with Gasteiger partial charge in [-0.05, 0) is 13.3 Å². The maximum atomic E-state index is 3.62. The third kappa shape index (κ3) is 5.92. The highest BCUT2D eigenvalue weighted by molar-refractivity contribution is 9.14. The number of alkyl halides is 1. The monoisotopic (exact) mass is 282 g/mol. The average Bonchev–Trinajstić information content (AvgIpc) is 2.03. The minimum atomic E-state index is 0.527. The first-order valence-corrected chi connectivity index (χ1v) is 5.89. The molecule has 0 aromatic rings. The maximum Gasteiger partial charge on any atom is 0.0458 e. The van der Waals surface area contributed by atoms with Gasteiger partial charge in [0.2, 0.25) is 0 Å². The van der Waals surface area contributed by atoms with Crippen molar-refractivity contribution in [1.82, 2.24) is 0 Å². The van der Waals surface area contributed by atoms with Gasteiger partial charge >= 0.3 is 0 Å². The van der Waals surface area contributed by atoms with Gasteiger partial charge in [0.25, 0.3) is 0 Å². The van der Waals surface area contributed by atoms with E-state index >= 15 is 0 Å². The fourth-order valence-electron chi connectivity index (χ4n) is 0.892. The van der Waals surface area contributed by atoms with Gasteiger partial charge in [0.1, 0.15) is 0 Å². The molecular formula is C9H16Br2. The molecule has 0 aliphatic carbocycles. The van der Waals surface area contributed by atoms with E-state index in [0.29, 0.717) is 4.83 Å². The van der Waals surface area contributed by atoms with E-state index in [1.165, 1.54) is 30.2 Å². The number of hydrogen-bond acceptors (Lipinski definition) is 0. The Bertz CT molecular complexity index is 119. The van der Waals surface area contributed by atoms with E-state index in [0.717, 1.165) is 0 Å². The highest BCUT2D eigenvalue weighted by Gasteiger charge is 2.05.